The molecule has 0 heterocycles. The van der Waals surface area contributed by atoms with E-state index in [0.717, 1.165) is 12.2 Å². The predicted octanol–water partition coefficient (Wildman–Crippen LogP) is 2.15. The molecule has 3 heteroatoms. The molecule has 12 heavy (non-hydrogen) atoms. The Kier molecular flexibility index (Phi) is 5.36. The van der Waals surface area contributed by atoms with Crippen molar-refractivity contribution in [3.63, 3.8) is 0 Å². The van der Waals surface area contributed by atoms with Crippen molar-refractivity contribution in [1.29, 1.82) is 5.26 Å². The first kappa shape index (κ1) is 11.8. The zero-order valence-corrected chi connectivity index (χ0v) is 8.95. The average molecular weight is 186 g/mol. The molecule has 2 nitrogen and oxygen atoms in total. The molecule has 0 fully saturated rings. The van der Waals surface area contributed by atoms with Crippen molar-refractivity contribution >= 4 is 11.8 Å². The maximum Gasteiger partial charge on any atom is 0.102 e. The molecule has 0 aliphatic rings. The monoisotopic (exact) mass is 186 g/mol. The van der Waals surface area contributed by atoms with Crippen LogP contribution in [0.1, 0.15) is 33.6 Å². The zero-order chi connectivity index (χ0) is 9.61. The van der Waals surface area contributed by atoms with Crippen molar-refractivity contribution in [2.45, 2.75) is 44.4 Å². The smallest absolute Gasteiger partial charge is 0.102 e. The Morgan fingerprint density at radius 2 is 2.25 bits per heavy atom. The fourth-order valence-electron chi connectivity index (χ4n) is 0.646. The molecular formula is C9H18N2S. The average Bonchev–Trinajstić information content (AvgIpc) is 2.04. The van der Waals surface area contributed by atoms with Crippen LogP contribution in [-0.2, 0) is 0 Å². The van der Waals surface area contributed by atoms with Gasteiger partial charge in [-0.25, -0.2) is 0 Å². The summed E-state index contributed by atoms with van der Waals surface area (Å²) in [7, 11) is 0. The standard InChI is InChI=1S/C9H18N2S/c1-4-8(2)12-6-5-9(3,11)7-10/h8H,4-6,11H2,1-3H3. The topological polar surface area (TPSA) is 49.8 Å². The van der Waals surface area contributed by atoms with Crippen LogP contribution in [0.3, 0.4) is 0 Å². The number of hydrogen-bond acceptors (Lipinski definition) is 3. The number of nitrogens with two attached hydrogens (primary N) is 1. The summed E-state index contributed by atoms with van der Waals surface area (Å²) < 4.78 is 0. The summed E-state index contributed by atoms with van der Waals surface area (Å²) in [6.07, 6.45) is 1.96. The van der Waals surface area contributed by atoms with E-state index in [9.17, 15) is 0 Å². The highest BCUT2D eigenvalue weighted by Crippen LogP contribution is 2.17. The van der Waals surface area contributed by atoms with Crippen molar-refractivity contribution in [2.75, 3.05) is 5.75 Å². The molecule has 0 aliphatic carbocycles. The van der Waals surface area contributed by atoms with Gasteiger partial charge in [-0.3, -0.25) is 0 Å². The third-order valence-electron chi connectivity index (χ3n) is 1.85. The molecule has 0 radical (unpaired) electrons. The van der Waals surface area contributed by atoms with Gasteiger partial charge in [0.2, 0.25) is 0 Å². The number of nitrogens with zero attached hydrogens (tertiary/aromatic N) is 1. The van der Waals surface area contributed by atoms with E-state index in [0.29, 0.717) is 5.25 Å². The van der Waals surface area contributed by atoms with Gasteiger partial charge in [0.25, 0.3) is 0 Å². The first-order valence-electron chi connectivity index (χ1n) is 4.33. The molecule has 2 N–H and O–H groups in total. The van der Waals surface area contributed by atoms with E-state index in [2.05, 4.69) is 19.9 Å². The Labute approximate surface area is 79.5 Å². The highest BCUT2D eigenvalue weighted by molar-refractivity contribution is 7.99. The molecule has 0 saturated carbocycles. The van der Waals surface area contributed by atoms with Crippen molar-refractivity contribution in [2.24, 2.45) is 5.73 Å². The van der Waals surface area contributed by atoms with Gasteiger partial charge in [-0.05, 0) is 25.5 Å². The van der Waals surface area contributed by atoms with E-state index in [-0.39, 0.29) is 0 Å². The number of thioether (sulfide) groups is 1. The lowest BCUT2D eigenvalue weighted by Crippen LogP contribution is -2.34. The third kappa shape index (κ3) is 5.45. The molecule has 0 bridgehead atoms. The molecule has 0 aromatic rings. The van der Waals surface area contributed by atoms with E-state index in [1.165, 1.54) is 6.42 Å². The lowest BCUT2D eigenvalue weighted by Gasteiger charge is -2.15. The zero-order valence-electron chi connectivity index (χ0n) is 8.13. The summed E-state index contributed by atoms with van der Waals surface area (Å²) in [4.78, 5) is 0. The largest absolute Gasteiger partial charge is 0.314 e. The van der Waals surface area contributed by atoms with E-state index >= 15 is 0 Å². The quantitative estimate of drug-likeness (QED) is 0.715. The molecule has 0 spiro atoms. The molecule has 70 valence electrons. The fraction of sp³-hybridized carbons (Fsp3) is 0.889. The number of rotatable bonds is 5. The van der Waals surface area contributed by atoms with E-state index in [1.54, 1.807) is 6.92 Å². The lowest BCUT2D eigenvalue weighted by molar-refractivity contribution is 0.582. The minimum absolute atomic E-state index is 0.638. The molecule has 2 atom stereocenters. The molecule has 0 aliphatic heterocycles. The minimum Gasteiger partial charge on any atom is -0.314 e. The Balaban J connectivity index is 3.51. The maximum atomic E-state index is 8.63. The van der Waals surface area contributed by atoms with Gasteiger partial charge in [-0.15, -0.1) is 0 Å². The number of hydrogen-bond donors (Lipinski definition) is 1. The second kappa shape index (κ2) is 5.45. The minimum atomic E-state index is -0.638. The summed E-state index contributed by atoms with van der Waals surface area (Å²) in [5.74, 6) is 0.982. The normalized spacial score (nSPS) is 17.9. The SMILES string of the molecule is CCC(C)SCCC(C)(N)C#N. The van der Waals surface area contributed by atoms with Gasteiger partial charge in [0.1, 0.15) is 5.54 Å². The van der Waals surface area contributed by atoms with Gasteiger partial charge in [-0.2, -0.15) is 17.0 Å². The first-order valence-corrected chi connectivity index (χ1v) is 5.38. The Hall–Kier alpha value is -0.200. The van der Waals surface area contributed by atoms with Crippen LogP contribution in [0.4, 0.5) is 0 Å². The Morgan fingerprint density at radius 1 is 1.67 bits per heavy atom. The summed E-state index contributed by atoms with van der Waals surface area (Å²) in [5.41, 5.74) is 5.03. The molecule has 0 amide bonds. The van der Waals surface area contributed by atoms with Gasteiger partial charge in [-0.1, -0.05) is 13.8 Å². The molecule has 0 aromatic carbocycles. The molecular weight excluding hydrogens is 168 g/mol. The fourth-order valence-corrected chi connectivity index (χ4v) is 1.83. The summed E-state index contributed by atoms with van der Waals surface area (Å²) in [6.45, 7) is 6.15. The van der Waals surface area contributed by atoms with E-state index in [4.69, 9.17) is 11.0 Å². The summed E-state index contributed by atoms with van der Waals surface area (Å²) in [6, 6.07) is 2.10. The van der Waals surface area contributed by atoms with Crippen LogP contribution < -0.4 is 5.73 Å². The highest BCUT2D eigenvalue weighted by Gasteiger charge is 2.16. The van der Waals surface area contributed by atoms with Gasteiger partial charge >= 0.3 is 0 Å². The maximum absolute atomic E-state index is 8.63. The van der Waals surface area contributed by atoms with Crippen LogP contribution in [0.5, 0.6) is 0 Å². The second-order valence-corrected chi connectivity index (χ2v) is 4.92. The van der Waals surface area contributed by atoms with Crippen LogP contribution in [0, 0.1) is 11.3 Å². The van der Waals surface area contributed by atoms with Crippen LogP contribution in [0.15, 0.2) is 0 Å². The molecule has 0 saturated heterocycles. The Bertz CT molecular complexity index is 160. The lowest BCUT2D eigenvalue weighted by atomic mass is 10.0. The predicted molar refractivity (Wildman–Crippen MR) is 55.0 cm³/mol. The third-order valence-corrected chi connectivity index (χ3v) is 3.20. The number of nitriles is 1. The van der Waals surface area contributed by atoms with E-state index < -0.39 is 5.54 Å². The van der Waals surface area contributed by atoms with Crippen molar-refractivity contribution in [1.82, 2.24) is 0 Å². The summed E-state index contributed by atoms with van der Waals surface area (Å²) >= 11 is 1.89. The van der Waals surface area contributed by atoms with Crippen LogP contribution in [-0.4, -0.2) is 16.5 Å². The van der Waals surface area contributed by atoms with Crippen molar-refractivity contribution < 1.29 is 0 Å². The van der Waals surface area contributed by atoms with Gasteiger partial charge < -0.3 is 5.73 Å². The van der Waals surface area contributed by atoms with Crippen LogP contribution >= 0.6 is 11.8 Å². The van der Waals surface area contributed by atoms with Crippen LogP contribution in [0.2, 0.25) is 0 Å². The molecule has 2 unspecified atom stereocenters. The van der Waals surface area contributed by atoms with Crippen molar-refractivity contribution in [3.05, 3.63) is 0 Å². The Morgan fingerprint density at radius 3 is 2.67 bits per heavy atom. The second-order valence-electron chi connectivity index (χ2n) is 3.37. The van der Waals surface area contributed by atoms with Crippen LogP contribution in [0.25, 0.3) is 0 Å². The molecule has 0 rings (SSSR count). The van der Waals surface area contributed by atoms with Gasteiger partial charge in [0, 0.05) is 5.25 Å². The van der Waals surface area contributed by atoms with Gasteiger partial charge in [0.05, 0.1) is 6.07 Å². The van der Waals surface area contributed by atoms with Gasteiger partial charge in [0.15, 0.2) is 0 Å². The highest BCUT2D eigenvalue weighted by atomic mass is 32.2. The van der Waals surface area contributed by atoms with E-state index in [1.807, 2.05) is 11.8 Å². The molecule has 0 aromatic heterocycles. The first-order chi connectivity index (χ1) is 5.52. The van der Waals surface area contributed by atoms with Crippen molar-refractivity contribution in [3.8, 4) is 6.07 Å². The summed E-state index contributed by atoms with van der Waals surface area (Å²) in [5, 5.41) is 9.31.